The minimum absolute atomic E-state index is 0.00108. The van der Waals surface area contributed by atoms with Crippen molar-refractivity contribution in [1.29, 1.82) is 0 Å². The van der Waals surface area contributed by atoms with E-state index < -0.39 is 0 Å². The summed E-state index contributed by atoms with van der Waals surface area (Å²) in [5.41, 5.74) is 0.816. The number of carbonyl (C=O) groups is 1. The van der Waals surface area contributed by atoms with Crippen molar-refractivity contribution < 1.29 is 19.0 Å². The molecular formula is C21H30N4O5. The largest absolute Gasteiger partial charge is 0.497 e. The van der Waals surface area contributed by atoms with Gasteiger partial charge in [-0.25, -0.2) is 9.48 Å². The van der Waals surface area contributed by atoms with Crippen LogP contribution in [0.15, 0.2) is 23.0 Å². The molecule has 1 atom stereocenters. The SMILES string of the molecule is COCCn1nc2n(c1=O)CCC(CC(=O)NCc1cc(OC)cc(OC)c1)CC2. The summed E-state index contributed by atoms with van der Waals surface area (Å²) in [6, 6.07) is 5.55. The summed E-state index contributed by atoms with van der Waals surface area (Å²) in [6.07, 6.45) is 2.74. The Kier molecular flexibility index (Phi) is 7.51. The summed E-state index contributed by atoms with van der Waals surface area (Å²) in [7, 11) is 4.80. The van der Waals surface area contributed by atoms with E-state index in [1.165, 1.54) is 4.68 Å². The molecule has 2 aromatic rings. The van der Waals surface area contributed by atoms with E-state index in [0.29, 0.717) is 50.6 Å². The van der Waals surface area contributed by atoms with Gasteiger partial charge in [0.1, 0.15) is 17.3 Å². The molecule has 164 valence electrons. The molecule has 3 rings (SSSR count). The van der Waals surface area contributed by atoms with E-state index in [1.807, 2.05) is 12.1 Å². The molecule has 1 N–H and O–H groups in total. The molecule has 30 heavy (non-hydrogen) atoms. The van der Waals surface area contributed by atoms with Gasteiger partial charge in [-0.1, -0.05) is 0 Å². The molecule has 1 aliphatic heterocycles. The van der Waals surface area contributed by atoms with Crippen LogP contribution in [0.5, 0.6) is 11.5 Å². The number of amides is 1. The lowest BCUT2D eigenvalue weighted by molar-refractivity contribution is -0.122. The standard InChI is InChI=1S/C21H30N4O5/c1-28-9-8-25-21(27)24-7-6-15(4-5-19(24)23-25)12-20(26)22-14-16-10-17(29-2)13-18(11-16)30-3/h10-11,13,15H,4-9,12,14H2,1-3H3,(H,22,26). The normalized spacial score (nSPS) is 15.9. The average molecular weight is 418 g/mol. The van der Waals surface area contributed by atoms with E-state index >= 15 is 0 Å². The Balaban J connectivity index is 1.52. The number of ether oxygens (including phenoxy) is 3. The van der Waals surface area contributed by atoms with Crippen LogP contribution in [-0.4, -0.2) is 48.2 Å². The first-order valence-electron chi connectivity index (χ1n) is 10.2. The third-order valence-corrected chi connectivity index (χ3v) is 5.42. The summed E-state index contributed by atoms with van der Waals surface area (Å²) >= 11 is 0. The number of nitrogens with one attached hydrogen (secondary N) is 1. The zero-order chi connectivity index (χ0) is 21.5. The fourth-order valence-electron chi connectivity index (χ4n) is 3.72. The molecule has 9 heteroatoms. The van der Waals surface area contributed by atoms with Crippen LogP contribution in [0.3, 0.4) is 0 Å². The Labute approximate surface area is 175 Å². The maximum atomic E-state index is 12.5. The Morgan fingerprint density at radius 1 is 1.17 bits per heavy atom. The molecule has 0 spiro atoms. The van der Waals surface area contributed by atoms with Crippen LogP contribution in [-0.2, 0) is 35.6 Å². The number of aryl methyl sites for hydroxylation is 1. The summed E-state index contributed by atoms with van der Waals surface area (Å²) < 4.78 is 18.8. The summed E-state index contributed by atoms with van der Waals surface area (Å²) in [5, 5.41) is 7.41. The van der Waals surface area contributed by atoms with Crippen molar-refractivity contribution >= 4 is 5.91 Å². The van der Waals surface area contributed by atoms with Gasteiger partial charge in [0, 0.05) is 39.1 Å². The molecule has 0 fully saturated rings. The Morgan fingerprint density at radius 3 is 2.57 bits per heavy atom. The van der Waals surface area contributed by atoms with Gasteiger partial charge in [0.15, 0.2) is 0 Å². The smallest absolute Gasteiger partial charge is 0.345 e. The molecule has 0 bridgehead atoms. The van der Waals surface area contributed by atoms with Gasteiger partial charge < -0.3 is 19.5 Å². The van der Waals surface area contributed by atoms with Crippen LogP contribution in [0.2, 0.25) is 0 Å². The van der Waals surface area contributed by atoms with Crippen LogP contribution in [0, 0.1) is 5.92 Å². The van der Waals surface area contributed by atoms with Gasteiger partial charge in [-0.2, -0.15) is 5.10 Å². The molecule has 1 aliphatic rings. The number of aromatic nitrogens is 3. The maximum absolute atomic E-state index is 12.5. The van der Waals surface area contributed by atoms with Crippen LogP contribution in [0.4, 0.5) is 0 Å². The molecule has 2 heterocycles. The van der Waals surface area contributed by atoms with E-state index in [0.717, 1.165) is 24.2 Å². The lowest BCUT2D eigenvalue weighted by Crippen LogP contribution is -2.28. The molecule has 0 aliphatic carbocycles. The predicted octanol–water partition coefficient (Wildman–Crippen LogP) is 1.37. The highest BCUT2D eigenvalue weighted by Crippen LogP contribution is 2.23. The van der Waals surface area contributed by atoms with E-state index in [-0.39, 0.29) is 17.5 Å². The summed E-state index contributed by atoms with van der Waals surface area (Å²) in [4.78, 5) is 25.0. The van der Waals surface area contributed by atoms with Gasteiger partial charge in [-0.15, -0.1) is 0 Å². The van der Waals surface area contributed by atoms with Crippen molar-refractivity contribution in [2.24, 2.45) is 5.92 Å². The van der Waals surface area contributed by atoms with Crippen molar-refractivity contribution in [2.75, 3.05) is 27.9 Å². The highest BCUT2D eigenvalue weighted by Gasteiger charge is 2.22. The fraction of sp³-hybridized carbons (Fsp3) is 0.571. The van der Waals surface area contributed by atoms with Crippen LogP contribution in [0.25, 0.3) is 0 Å². The number of hydrogen-bond donors (Lipinski definition) is 1. The van der Waals surface area contributed by atoms with Crippen molar-refractivity contribution in [2.45, 2.75) is 45.3 Å². The Bertz CT molecular complexity index is 898. The molecule has 1 unspecified atom stereocenters. The molecule has 0 saturated heterocycles. The second-order valence-electron chi connectivity index (χ2n) is 7.46. The average Bonchev–Trinajstić information content (AvgIpc) is 2.92. The van der Waals surface area contributed by atoms with E-state index in [2.05, 4.69) is 10.4 Å². The second-order valence-corrected chi connectivity index (χ2v) is 7.46. The molecular weight excluding hydrogens is 388 g/mol. The second kappa shape index (κ2) is 10.3. The summed E-state index contributed by atoms with van der Waals surface area (Å²) in [5.74, 6) is 2.39. The van der Waals surface area contributed by atoms with Crippen LogP contribution >= 0.6 is 0 Å². The van der Waals surface area contributed by atoms with Crippen molar-refractivity contribution in [3.8, 4) is 11.5 Å². The van der Waals surface area contributed by atoms with Gasteiger partial charge in [0.05, 0.1) is 27.4 Å². The minimum atomic E-state index is -0.0980. The third kappa shape index (κ3) is 5.41. The van der Waals surface area contributed by atoms with Gasteiger partial charge in [-0.3, -0.25) is 9.36 Å². The maximum Gasteiger partial charge on any atom is 0.345 e. The predicted molar refractivity (Wildman–Crippen MR) is 111 cm³/mol. The molecule has 9 nitrogen and oxygen atoms in total. The lowest BCUT2D eigenvalue weighted by Gasteiger charge is -2.14. The summed E-state index contributed by atoms with van der Waals surface area (Å²) in [6.45, 7) is 1.91. The van der Waals surface area contributed by atoms with Gasteiger partial charge >= 0.3 is 5.69 Å². The first-order valence-corrected chi connectivity index (χ1v) is 10.2. The number of benzene rings is 1. The number of rotatable bonds is 9. The molecule has 1 aromatic carbocycles. The van der Waals surface area contributed by atoms with Gasteiger partial charge in [-0.05, 0) is 36.5 Å². The zero-order valence-corrected chi connectivity index (χ0v) is 17.8. The zero-order valence-electron chi connectivity index (χ0n) is 17.8. The number of hydrogen-bond acceptors (Lipinski definition) is 6. The van der Waals surface area contributed by atoms with Crippen molar-refractivity contribution in [3.63, 3.8) is 0 Å². The first-order chi connectivity index (χ1) is 14.5. The first kappa shape index (κ1) is 21.9. The lowest BCUT2D eigenvalue weighted by atomic mass is 9.96. The highest BCUT2D eigenvalue weighted by atomic mass is 16.5. The fourth-order valence-corrected chi connectivity index (χ4v) is 3.72. The number of fused-ring (bicyclic) bond motifs is 1. The minimum Gasteiger partial charge on any atom is -0.497 e. The van der Waals surface area contributed by atoms with Crippen molar-refractivity contribution in [3.05, 3.63) is 40.1 Å². The quantitative estimate of drug-likeness (QED) is 0.661. The monoisotopic (exact) mass is 418 g/mol. The van der Waals surface area contributed by atoms with E-state index in [9.17, 15) is 9.59 Å². The number of methoxy groups -OCH3 is 3. The van der Waals surface area contributed by atoms with E-state index in [1.54, 1.807) is 32.0 Å². The highest BCUT2D eigenvalue weighted by molar-refractivity contribution is 5.76. The van der Waals surface area contributed by atoms with Gasteiger partial charge in [0.2, 0.25) is 5.91 Å². The molecule has 1 amide bonds. The molecule has 1 aromatic heterocycles. The van der Waals surface area contributed by atoms with Crippen LogP contribution in [0.1, 0.15) is 30.7 Å². The number of carbonyl (C=O) groups excluding carboxylic acids is 1. The van der Waals surface area contributed by atoms with E-state index in [4.69, 9.17) is 14.2 Å². The Hall–Kier alpha value is -2.81. The third-order valence-electron chi connectivity index (χ3n) is 5.42. The van der Waals surface area contributed by atoms with Crippen molar-refractivity contribution in [1.82, 2.24) is 19.7 Å². The Morgan fingerprint density at radius 2 is 1.90 bits per heavy atom. The van der Waals surface area contributed by atoms with Crippen LogP contribution < -0.4 is 20.5 Å². The molecule has 0 saturated carbocycles. The number of nitrogens with zero attached hydrogens (tertiary/aromatic N) is 3. The molecule has 0 radical (unpaired) electrons. The topological polar surface area (TPSA) is 96.6 Å². The van der Waals surface area contributed by atoms with Gasteiger partial charge in [0.25, 0.3) is 0 Å².